The van der Waals surface area contributed by atoms with Gasteiger partial charge in [0.15, 0.2) is 0 Å². The predicted molar refractivity (Wildman–Crippen MR) is 102 cm³/mol. The molecule has 2 saturated heterocycles. The van der Waals surface area contributed by atoms with Crippen LogP contribution in [0.25, 0.3) is 0 Å². The Hall–Kier alpha value is -1.52. The van der Waals surface area contributed by atoms with Crippen LogP contribution in [0.15, 0.2) is 29.2 Å². The average molecular weight is 397 g/mol. The Kier molecular flexibility index (Phi) is 6.83. The number of sulfonamides is 1. The number of carbonyl (C=O) groups is 1. The molecule has 0 aromatic heterocycles. The van der Waals surface area contributed by atoms with Crippen molar-refractivity contribution in [3.8, 4) is 0 Å². The molecule has 1 atom stereocenters. The second-order valence-electron chi connectivity index (χ2n) is 6.90. The largest absolute Gasteiger partial charge is 0.383 e. The Balaban J connectivity index is 1.65. The number of benzene rings is 1. The Morgan fingerprint density at radius 3 is 2.81 bits per heavy atom. The van der Waals surface area contributed by atoms with Crippen molar-refractivity contribution in [1.29, 1.82) is 0 Å². The van der Waals surface area contributed by atoms with Gasteiger partial charge in [-0.1, -0.05) is 6.07 Å². The minimum atomic E-state index is -3.66. The van der Waals surface area contributed by atoms with Crippen molar-refractivity contribution < 1.29 is 17.9 Å². The highest BCUT2D eigenvalue weighted by Gasteiger charge is 2.31. The number of nitrogens with zero attached hydrogens (tertiary/aromatic N) is 2. The van der Waals surface area contributed by atoms with Gasteiger partial charge in [0.1, 0.15) is 0 Å². The summed E-state index contributed by atoms with van der Waals surface area (Å²) in [6.45, 7) is 5.87. The lowest BCUT2D eigenvalue weighted by atomic mass is 10.2. The first kappa shape index (κ1) is 20.2. The first-order chi connectivity index (χ1) is 13.0. The topological polar surface area (TPSA) is 91.0 Å². The highest BCUT2D eigenvalue weighted by atomic mass is 32.2. The number of hydrogen-bond donors (Lipinski definition) is 2. The van der Waals surface area contributed by atoms with Gasteiger partial charge in [-0.05, 0) is 24.6 Å². The molecule has 3 rings (SSSR count). The van der Waals surface area contributed by atoms with Crippen molar-refractivity contribution in [1.82, 2.24) is 19.8 Å². The fourth-order valence-electron chi connectivity index (χ4n) is 3.61. The maximum atomic E-state index is 12.9. The summed E-state index contributed by atoms with van der Waals surface area (Å²) in [4.78, 5) is 17.2. The van der Waals surface area contributed by atoms with E-state index in [0.717, 1.165) is 32.6 Å². The summed E-state index contributed by atoms with van der Waals surface area (Å²) in [7, 11) is -2.14. The van der Waals surface area contributed by atoms with Crippen molar-refractivity contribution in [2.75, 3.05) is 59.5 Å². The van der Waals surface area contributed by atoms with Gasteiger partial charge in [-0.25, -0.2) is 13.1 Å². The van der Waals surface area contributed by atoms with E-state index in [1.54, 1.807) is 12.1 Å². The van der Waals surface area contributed by atoms with Crippen LogP contribution in [0, 0.1) is 0 Å². The molecule has 1 aromatic rings. The summed E-state index contributed by atoms with van der Waals surface area (Å²) in [5.41, 5.74) is 0.408. The van der Waals surface area contributed by atoms with Crippen LogP contribution in [-0.2, 0) is 14.8 Å². The summed E-state index contributed by atoms with van der Waals surface area (Å²) in [5, 5.41) is 3.34. The molecule has 1 amide bonds. The third-order valence-corrected chi connectivity index (χ3v) is 6.57. The zero-order chi connectivity index (χ0) is 19.3. The lowest BCUT2D eigenvalue weighted by Gasteiger charge is -2.32. The van der Waals surface area contributed by atoms with E-state index in [2.05, 4.69) is 14.9 Å². The van der Waals surface area contributed by atoms with Crippen LogP contribution in [0.1, 0.15) is 16.8 Å². The number of carbonyl (C=O) groups excluding carboxylic acids is 1. The van der Waals surface area contributed by atoms with E-state index in [9.17, 15) is 13.2 Å². The van der Waals surface area contributed by atoms with Gasteiger partial charge < -0.3 is 15.0 Å². The molecule has 2 aliphatic rings. The molecule has 0 spiro atoms. The van der Waals surface area contributed by atoms with Gasteiger partial charge in [0.2, 0.25) is 10.0 Å². The van der Waals surface area contributed by atoms with Gasteiger partial charge in [-0.3, -0.25) is 9.69 Å². The van der Waals surface area contributed by atoms with E-state index in [-0.39, 0.29) is 17.3 Å². The maximum absolute atomic E-state index is 12.9. The van der Waals surface area contributed by atoms with E-state index >= 15 is 0 Å². The van der Waals surface area contributed by atoms with Crippen molar-refractivity contribution in [2.24, 2.45) is 0 Å². The van der Waals surface area contributed by atoms with Crippen LogP contribution in [0.2, 0.25) is 0 Å². The van der Waals surface area contributed by atoms with E-state index in [0.29, 0.717) is 31.3 Å². The number of rotatable bonds is 7. The zero-order valence-electron chi connectivity index (χ0n) is 15.7. The van der Waals surface area contributed by atoms with Gasteiger partial charge in [-0.2, -0.15) is 0 Å². The molecule has 2 heterocycles. The Morgan fingerprint density at radius 2 is 2.07 bits per heavy atom. The first-order valence-electron chi connectivity index (χ1n) is 9.34. The van der Waals surface area contributed by atoms with Crippen molar-refractivity contribution in [3.05, 3.63) is 29.8 Å². The van der Waals surface area contributed by atoms with Crippen molar-refractivity contribution in [2.45, 2.75) is 17.4 Å². The molecule has 0 radical (unpaired) electrons. The third kappa shape index (κ3) is 5.05. The summed E-state index contributed by atoms with van der Waals surface area (Å²) in [5.74, 6) is -0.110. The SMILES string of the molecule is COCCNS(=O)(=O)c1cccc(C(=O)N2CCC(N3CCNCC3)C2)c1. The summed E-state index contributed by atoms with van der Waals surface area (Å²) < 4.78 is 32.1. The Morgan fingerprint density at radius 1 is 1.30 bits per heavy atom. The first-order valence-corrected chi connectivity index (χ1v) is 10.8. The maximum Gasteiger partial charge on any atom is 0.253 e. The average Bonchev–Trinajstić information content (AvgIpc) is 3.18. The molecule has 0 bridgehead atoms. The van der Waals surface area contributed by atoms with Crippen LogP contribution in [0.3, 0.4) is 0 Å². The van der Waals surface area contributed by atoms with Crippen molar-refractivity contribution >= 4 is 15.9 Å². The van der Waals surface area contributed by atoms with Gasteiger partial charge in [-0.15, -0.1) is 0 Å². The standard InChI is InChI=1S/C18H28N4O4S/c1-26-12-8-20-27(24,25)17-4-2-3-15(13-17)18(23)22-9-5-16(14-22)21-10-6-19-7-11-21/h2-4,13,16,19-20H,5-12,14H2,1H3. The summed E-state index contributed by atoms with van der Waals surface area (Å²) >= 11 is 0. The normalized spacial score (nSPS) is 21.5. The lowest BCUT2D eigenvalue weighted by molar-refractivity contribution is 0.0773. The monoisotopic (exact) mass is 396 g/mol. The molecule has 8 nitrogen and oxygen atoms in total. The van der Waals surface area contributed by atoms with Crippen molar-refractivity contribution in [3.63, 3.8) is 0 Å². The van der Waals surface area contributed by atoms with E-state index < -0.39 is 10.0 Å². The number of hydrogen-bond acceptors (Lipinski definition) is 6. The number of piperazine rings is 1. The number of ether oxygens (including phenoxy) is 1. The highest BCUT2D eigenvalue weighted by molar-refractivity contribution is 7.89. The van der Waals surface area contributed by atoms with Gasteiger partial charge in [0, 0.05) is 64.5 Å². The Bertz CT molecular complexity index is 749. The third-order valence-electron chi connectivity index (χ3n) is 5.11. The number of nitrogens with one attached hydrogen (secondary N) is 2. The molecule has 1 unspecified atom stereocenters. The molecule has 2 fully saturated rings. The number of amides is 1. The van der Waals surface area contributed by atoms with Crippen LogP contribution in [0.4, 0.5) is 0 Å². The molecule has 2 aliphatic heterocycles. The molecule has 2 N–H and O–H groups in total. The predicted octanol–water partition coefficient (Wildman–Crippen LogP) is -0.269. The smallest absolute Gasteiger partial charge is 0.253 e. The fraction of sp³-hybridized carbons (Fsp3) is 0.611. The zero-order valence-corrected chi connectivity index (χ0v) is 16.5. The van der Waals surface area contributed by atoms with E-state index in [1.165, 1.54) is 19.2 Å². The van der Waals surface area contributed by atoms with Crippen LogP contribution in [-0.4, -0.2) is 89.7 Å². The van der Waals surface area contributed by atoms with E-state index in [4.69, 9.17) is 4.74 Å². The van der Waals surface area contributed by atoms with Gasteiger partial charge >= 0.3 is 0 Å². The molecule has 1 aromatic carbocycles. The van der Waals surface area contributed by atoms with Crippen LogP contribution < -0.4 is 10.0 Å². The molecule has 27 heavy (non-hydrogen) atoms. The quantitative estimate of drug-likeness (QED) is 0.617. The minimum Gasteiger partial charge on any atom is -0.383 e. The molecule has 150 valence electrons. The second-order valence-corrected chi connectivity index (χ2v) is 8.66. The van der Waals surface area contributed by atoms with E-state index in [1.807, 2.05) is 4.90 Å². The van der Waals surface area contributed by atoms with Gasteiger partial charge in [0.05, 0.1) is 11.5 Å². The molecular formula is C18H28N4O4S. The molecule has 9 heteroatoms. The molecule has 0 saturated carbocycles. The number of methoxy groups -OCH3 is 1. The minimum absolute atomic E-state index is 0.0994. The van der Waals surface area contributed by atoms with Crippen LogP contribution in [0.5, 0.6) is 0 Å². The highest BCUT2D eigenvalue weighted by Crippen LogP contribution is 2.20. The molecule has 0 aliphatic carbocycles. The second kappa shape index (κ2) is 9.11. The van der Waals surface area contributed by atoms with Gasteiger partial charge in [0.25, 0.3) is 5.91 Å². The van der Waals surface area contributed by atoms with Crippen LogP contribution >= 0.6 is 0 Å². The summed E-state index contributed by atoms with van der Waals surface area (Å²) in [6.07, 6.45) is 0.961. The fourth-order valence-corrected chi connectivity index (χ4v) is 4.67. The molecular weight excluding hydrogens is 368 g/mol. The lowest BCUT2D eigenvalue weighted by Crippen LogP contribution is -2.49. The summed E-state index contributed by atoms with van der Waals surface area (Å²) in [6, 6.07) is 6.63. The Labute approximate surface area is 160 Å². The number of likely N-dealkylation sites (tertiary alicyclic amines) is 1.